The fourth-order valence-electron chi connectivity index (χ4n) is 4.54. The lowest BCUT2D eigenvalue weighted by Gasteiger charge is -2.35. The van der Waals surface area contributed by atoms with Crippen LogP contribution >= 0.6 is 0 Å². The van der Waals surface area contributed by atoms with Crippen LogP contribution in [0.2, 0.25) is 0 Å². The lowest BCUT2D eigenvalue weighted by atomic mass is 9.88. The Kier molecular flexibility index (Phi) is 5.58. The van der Waals surface area contributed by atoms with Gasteiger partial charge in [-0.1, -0.05) is 43.8 Å². The Morgan fingerprint density at radius 1 is 1.07 bits per heavy atom. The van der Waals surface area contributed by atoms with Crippen molar-refractivity contribution in [3.05, 3.63) is 89.5 Å². The van der Waals surface area contributed by atoms with Crippen LogP contribution in [0.5, 0.6) is 0 Å². The maximum absolute atomic E-state index is 8.99. The molecule has 0 spiro atoms. The van der Waals surface area contributed by atoms with Gasteiger partial charge >= 0.3 is 0 Å². The normalized spacial score (nSPS) is 18.1. The summed E-state index contributed by atoms with van der Waals surface area (Å²) in [5.74, 6) is 1.69. The van der Waals surface area contributed by atoms with Gasteiger partial charge in [-0.15, -0.1) is 6.58 Å². The highest BCUT2D eigenvalue weighted by atomic mass is 15.1. The molecule has 0 N–H and O–H groups in total. The average molecular weight is 383 g/mol. The van der Waals surface area contributed by atoms with E-state index in [4.69, 9.17) is 5.26 Å². The Morgan fingerprint density at radius 3 is 2.34 bits per heavy atom. The van der Waals surface area contributed by atoms with Gasteiger partial charge in [-0.3, -0.25) is 0 Å². The van der Waals surface area contributed by atoms with E-state index in [0.29, 0.717) is 11.8 Å². The van der Waals surface area contributed by atoms with Crippen LogP contribution in [0, 0.1) is 11.3 Å². The molecule has 2 fully saturated rings. The summed E-state index contributed by atoms with van der Waals surface area (Å²) in [5.41, 5.74) is 7.41. The van der Waals surface area contributed by atoms with Crippen LogP contribution in [0.4, 0.5) is 0 Å². The first-order valence-corrected chi connectivity index (χ1v) is 10.8. The number of hydrogen-bond acceptors (Lipinski definition) is 2. The monoisotopic (exact) mass is 382 g/mol. The number of piperidine rings is 1. The number of nitriles is 1. The lowest BCUT2D eigenvalue weighted by molar-refractivity contribution is 0.299. The Morgan fingerprint density at radius 2 is 1.76 bits per heavy atom. The van der Waals surface area contributed by atoms with Crippen LogP contribution in [-0.2, 0) is 0 Å². The molecule has 2 heteroatoms. The van der Waals surface area contributed by atoms with Crippen LogP contribution in [0.25, 0.3) is 5.70 Å². The van der Waals surface area contributed by atoms with Crippen LogP contribution in [0.1, 0.15) is 78.2 Å². The standard InChI is InChI=1S/C27H30N2/c1-4-19(2)27-17-25(11-12-26(27)24-9-10-24)20(3)29-15-13-23(14-16-29)22-7-5-21(18-28)6-8-22/h4-8,11-12,17,19,23-24H,1,3,9-10,13-16H2,2H3. The molecule has 0 amide bonds. The van der Waals surface area contributed by atoms with Gasteiger partial charge in [-0.2, -0.15) is 5.26 Å². The van der Waals surface area contributed by atoms with Crippen LogP contribution in [0.3, 0.4) is 0 Å². The first-order valence-electron chi connectivity index (χ1n) is 10.8. The van der Waals surface area contributed by atoms with Crippen molar-refractivity contribution in [1.29, 1.82) is 5.26 Å². The SMILES string of the molecule is C=CC(C)c1cc(C(=C)N2CCC(c3ccc(C#N)cc3)CC2)ccc1C1CC1. The quantitative estimate of drug-likeness (QED) is 0.528. The molecule has 2 nitrogen and oxygen atoms in total. The molecule has 2 aromatic carbocycles. The van der Waals surface area contributed by atoms with Crippen LogP contribution in [-0.4, -0.2) is 18.0 Å². The molecule has 1 atom stereocenters. The molecule has 148 valence electrons. The molecule has 0 aromatic heterocycles. The van der Waals surface area contributed by atoms with Crippen molar-refractivity contribution in [3.63, 3.8) is 0 Å². The van der Waals surface area contributed by atoms with Crippen molar-refractivity contribution >= 4 is 5.70 Å². The molecule has 1 unspecified atom stereocenters. The zero-order valence-corrected chi connectivity index (χ0v) is 17.4. The molecule has 2 aromatic rings. The molecule has 1 aliphatic heterocycles. The summed E-state index contributed by atoms with van der Waals surface area (Å²) in [4.78, 5) is 2.44. The number of nitrogens with zero attached hydrogens (tertiary/aromatic N) is 2. The minimum atomic E-state index is 0.375. The molecule has 0 bridgehead atoms. The zero-order valence-electron chi connectivity index (χ0n) is 17.4. The Balaban J connectivity index is 1.45. The fourth-order valence-corrected chi connectivity index (χ4v) is 4.54. The van der Waals surface area contributed by atoms with Crippen molar-refractivity contribution in [1.82, 2.24) is 4.90 Å². The third kappa shape index (κ3) is 4.15. The molecule has 1 saturated carbocycles. The zero-order chi connectivity index (χ0) is 20.4. The summed E-state index contributed by atoms with van der Waals surface area (Å²) >= 11 is 0. The summed E-state index contributed by atoms with van der Waals surface area (Å²) < 4.78 is 0. The predicted octanol–water partition coefficient (Wildman–Crippen LogP) is 6.58. The van der Waals surface area contributed by atoms with Gasteiger partial charge in [0.05, 0.1) is 11.6 Å². The minimum absolute atomic E-state index is 0.375. The number of allylic oxidation sites excluding steroid dienone is 1. The highest BCUT2D eigenvalue weighted by Gasteiger charge is 2.28. The fraction of sp³-hybridized carbons (Fsp3) is 0.370. The van der Waals surface area contributed by atoms with Gasteiger partial charge in [0.15, 0.2) is 0 Å². The molecule has 4 rings (SSSR count). The van der Waals surface area contributed by atoms with Crippen LogP contribution in [0.15, 0.2) is 61.7 Å². The molecule has 0 radical (unpaired) electrons. The van der Waals surface area contributed by atoms with E-state index in [2.05, 4.69) is 67.5 Å². The van der Waals surface area contributed by atoms with Crippen molar-refractivity contribution < 1.29 is 0 Å². The smallest absolute Gasteiger partial charge is 0.0991 e. The second-order valence-electron chi connectivity index (χ2n) is 8.58. The maximum Gasteiger partial charge on any atom is 0.0991 e. The number of likely N-dealkylation sites (tertiary alicyclic amines) is 1. The summed E-state index contributed by atoms with van der Waals surface area (Å²) in [5, 5.41) is 8.99. The van der Waals surface area contributed by atoms with Gasteiger partial charge in [0, 0.05) is 18.8 Å². The second kappa shape index (κ2) is 8.29. The van der Waals surface area contributed by atoms with E-state index in [0.717, 1.165) is 43.1 Å². The average Bonchev–Trinajstić information content (AvgIpc) is 3.63. The highest BCUT2D eigenvalue weighted by Crippen LogP contribution is 2.44. The van der Waals surface area contributed by atoms with Gasteiger partial charge in [0.25, 0.3) is 0 Å². The van der Waals surface area contributed by atoms with Crippen molar-refractivity contribution in [2.45, 2.75) is 50.4 Å². The molecule has 1 saturated heterocycles. The van der Waals surface area contributed by atoms with Crippen molar-refractivity contribution in [2.75, 3.05) is 13.1 Å². The highest BCUT2D eigenvalue weighted by molar-refractivity contribution is 5.64. The van der Waals surface area contributed by atoms with Crippen LogP contribution < -0.4 is 0 Å². The molecule has 1 heterocycles. The number of benzene rings is 2. The van der Waals surface area contributed by atoms with Crippen molar-refractivity contribution in [3.8, 4) is 6.07 Å². The van der Waals surface area contributed by atoms with Gasteiger partial charge in [0.2, 0.25) is 0 Å². The van der Waals surface area contributed by atoms with E-state index in [1.54, 1.807) is 0 Å². The minimum Gasteiger partial charge on any atom is -0.371 e. The molecule has 29 heavy (non-hydrogen) atoms. The first kappa shape index (κ1) is 19.5. The van der Waals surface area contributed by atoms with E-state index >= 15 is 0 Å². The number of rotatable bonds is 6. The molecular weight excluding hydrogens is 352 g/mol. The van der Waals surface area contributed by atoms with E-state index in [9.17, 15) is 0 Å². The molecular formula is C27H30N2. The van der Waals surface area contributed by atoms with E-state index in [1.807, 2.05) is 12.1 Å². The Labute approximate surface area is 175 Å². The Bertz CT molecular complexity index is 935. The predicted molar refractivity (Wildman–Crippen MR) is 121 cm³/mol. The third-order valence-corrected chi connectivity index (χ3v) is 6.67. The van der Waals surface area contributed by atoms with Gasteiger partial charge in [-0.25, -0.2) is 0 Å². The van der Waals surface area contributed by atoms with E-state index < -0.39 is 0 Å². The lowest BCUT2D eigenvalue weighted by Crippen LogP contribution is -2.31. The van der Waals surface area contributed by atoms with Gasteiger partial charge in [0.1, 0.15) is 0 Å². The molecule has 1 aliphatic carbocycles. The van der Waals surface area contributed by atoms with E-state index in [1.165, 1.54) is 35.1 Å². The Hall–Kier alpha value is -2.79. The third-order valence-electron chi connectivity index (χ3n) is 6.67. The maximum atomic E-state index is 8.99. The summed E-state index contributed by atoms with van der Waals surface area (Å²) in [6.45, 7) is 12.8. The summed E-state index contributed by atoms with van der Waals surface area (Å²) in [6.07, 6.45) is 6.94. The van der Waals surface area contributed by atoms with Gasteiger partial charge < -0.3 is 4.90 Å². The second-order valence-corrected chi connectivity index (χ2v) is 8.58. The summed E-state index contributed by atoms with van der Waals surface area (Å²) in [7, 11) is 0. The molecule has 2 aliphatic rings. The van der Waals surface area contributed by atoms with Gasteiger partial charge in [-0.05, 0) is 83.9 Å². The largest absolute Gasteiger partial charge is 0.371 e. The van der Waals surface area contributed by atoms with Crippen molar-refractivity contribution in [2.24, 2.45) is 0 Å². The first-order chi connectivity index (χ1) is 14.1. The number of hydrogen-bond donors (Lipinski definition) is 0. The topological polar surface area (TPSA) is 27.0 Å². The van der Waals surface area contributed by atoms with E-state index in [-0.39, 0.29) is 0 Å². The summed E-state index contributed by atoms with van der Waals surface area (Å²) in [6, 6.07) is 17.3.